The summed E-state index contributed by atoms with van der Waals surface area (Å²) in [6, 6.07) is 0. The first kappa shape index (κ1) is 9.05. The van der Waals surface area contributed by atoms with Crippen molar-refractivity contribution in [2.75, 3.05) is 6.61 Å². The molecule has 1 rings (SSSR count). The monoisotopic (exact) mass is 156 g/mol. The van der Waals surface area contributed by atoms with Crippen LogP contribution in [0.4, 0.5) is 0 Å². The quantitative estimate of drug-likeness (QED) is 0.597. The molecule has 0 amide bonds. The lowest BCUT2D eigenvalue weighted by molar-refractivity contribution is -0.0559. The predicted octanol–water partition coefficient (Wildman–Crippen LogP) is 2.99. The molecule has 1 atom stereocenters. The molecule has 11 heavy (non-hydrogen) atoms. The Morgan fingerprint density at radius 2 is 2.09 bits per heavy atom. The second-order valence-corrected chi connectivity index (χ2v) is 4.20. The molecule has 0 aromatic rings. The van der Waals surface area contributed by atoms with Gasteiger partial charge in [-0.3, -0.25) is 0 Å². The highest BCUT2D eigenvalue weighted by molar-refractivity contribution is 4.79. The largest absolute Gasteiger partial charge is 0.378 e. The Hall–Kier alpha value is -0.0400. The van der Waals surface area contributed by atoms with Gasteiger partial charge in [0.25, 0.3) is 0 Å². The first-order chi connectivity index (χ1) is 5.17. The SMILES string of the molecule is CCC(C)(C)C1CCCCO1. The van der Waals surface area contributed by atoms with Crippen LogP contribution in [-0.4, -0.2) is 12.7 Å². The van der Waals surface area contributed by atoms with Crippen LogP contribution in [-0.2, 0) is 4.74 Å². The molecule has 1 unspecified atom stereocenters. The van der Waals surface area contributed by atoms with Crippen molar-refractivity contribution < 1.29 is 4.74 Å². The van der Waals surface area contributed by atoms with E-state index in [0.29, 0.717) is 11.5 Å². The summed E-state index contributed by atoms with van der Waals surface area (Å²) < 4.78 is 5.73. The third-order valence-corrected chi connectivity index (χ3v) is 2.96. The average Bonchev–Trinajstić information content (AvgIpc) is 2.06. The molecular weight excluding hydrogens is 136 g/mol. The van der Waals surface area contributed by atoms with Crippen LogP contribution in [0.1, 0.15) is 46.5 Å². The third kappa shape index (κ3) is 2.19. The minimum atomic E-state index is 0.389. The topological polar surface area (TPSA) is 9.23 Å². The first-order valence-electron chi connectivity index (χ1n) is 4.78. The van der Waals surface area contributed by atoms with Crippen molar-refractivity contribution in [3.05, 3.63) is 0 Å². The van der Waals surface area contributed by atoms with E-state index in [-0.39, 0.29) is 0 Å². The average molecular weight is 156 g/mol. The van der Waals surface area contributed by atoms with Crippen molar-refractivity contribution in [3.8, 4) is 0 Å². The Kier molecular flexibility index (Phi) is 2.94. The highest BCUT2D eigenvalue weighted by Gasteiger charge is 2.29. The second-order valence-electron chi connectivity index (χ2n) is 4.20. The Balaban J connectivity index is 2.43. The first-order valence-corrected chi connectivity index (χ1v) is 4.78. The minimum Gasteiger partial charge on any atom is -0.378 e. The fraction of sp³-hybridized carbons (Fsp3) is 1.00. The lowest BCUT2D eigenvalue weighted by atomic mass is 9.80. The van der Waals surface area contributed by atoms with Crippen LogP contribution in [0.2, 0.25) is 0 Å². The maximum absolute atomic E-state index is 5.73. The minimum absolute atomic E-state index is 0.389. The summed E-state index contributed by atoms with van der Waals surface area (Å²) in [4.78, 5) is 0. The molecule has 0 radical (unpaired) electrons. The van der Waals surface area contributed by atoms with Crippen LogP contribution in [0, 0.1) is 5.41 Å². The zero-order valence-corrected chi connectivity index (χ0v) is 8.02. The van der Waals surface area contributed by atoms with E-state index < -0.39 is 0 Å². The zero-order chi connectivity index (χ0) is 8.32. The maximum Gasteiger partial charge on any atom is 0.0625 e. The normalized spacial score (nSPS) is 27.0. The number of rotatable bonds is 2. The summed E-state index contributed by atoms with van der Waals surface area (Å²) >= 11 is 0. The molecule has 0 aromatic heterocycles. The van der Waals surface area contributed by atoms with E-state index in [1.165, 1.54) is 25.7 Å². The molecule has 0 bridgehead atoms. The van der Waals surface area contributed by atoms with Crippen molar-refractivity contribution >= 4 is 0 Å². The van der Waals surface area contributed by atoms with Gasteiger partial charge in [0, 0.05) is 6.61 Å². The summed E-state index contributed by atoms with van der Waals surface area (Å²) in [7, 11) is 0. The van der Waals surface area contributed by atoms with Crippen molar-refractivity contribution in [1.29, 1.82) is 0 Å². The highest BCUT2D eigenvalue weighted by Crippen LogP contribution is 2.32. The Morgan fingerprint density at radius 1 is 1.36 bits per heavy atom. The summed E-state index contributed by atoms with van der Waals surface area (Å²) in [5.41, 5.74) is 0.389. The van der Waals surface area contributed by atoms with Gasteiger partial charge in [-0.1, -0.05) is 20.8 Å². The summed E-state index contributed by atoms with van der Waals surface area (Å²) in [6.45, 7) is 7.85. The smallest absolute Gasteiger partial charge is 0.0625 e. The van der Waals surface area contributed by atoms with Crippen molar-refractivity contribution in [3.63, 3.8) is 0 Å². The van der Waals surface area contributed by atoms with Gasteiger partial charge in [-0.2, -0.15) is 0 Å². The Morgan fingerprint density at radius 3 is 2.55 bits per heavy atom. The van der Waals surface area contributed by atoms with Crippen LogP contribution in [0.3, 0.4) is 0 Å². The zero-order valence-electron chi connectivity index (χ0n) is 8.02. The van der Waals surface area contributed by atoms with Crippen LogP contribution in [0.25, 0.3) is 0 Å². The molecule has 1 heteroatoms. The third-order valence-electron chi connectivity index (χ3n) is 2.96. The maximum atomic E-state index is 5.73. The van der Waals surface area contributed by atoms with Crippen LogP contribution < -0.4 is 0 Å². The number of hydrogen-bond acceptors (Lipinski definition) is 1. The molecule has 66 valence electrons. The molecule has 0 aliphatic carbocycles. The van der Waals surface area contributed by atoms with Crippen molar-refractivity contribution in [2.24, 2.45) is 5.41 Å². The number of ether oxygens (including phenoxy) is 1. The molecule has 0 N–H and O–H groups in total. The Bertz CT molecular complexity index is 112. The van der Waals surface area contributed by atoms with E-state index in [0.717, 1.165) is 6.61 Å². The summed E-state index contributed by atoms with van der Waals surface area (Å²) in [6.07, 6.45) is 5.62. The molecule has 0 saturated carbocycles. The predicted molar refractivity (Wildman–Crippen MR) is 47.7 cm³/mol. The van der Waals surface area contributed by atoms with Gasteiger partial charge < -0.3 is 4.74 Å². The van der Waals surface area contributed by atoms with Gasteiger partial charge in [-0.15, -0.1) is 0 Å². The summed E-state index contributed by atoms with van der Waals surface area (Å²) in [5, 5.41) is 0. The van der Waals surface area contributed by atoms with Crippen LogP contribution >= 0.6 is 0 Å². The van der Waals surface area contributed by atoms with Gasteiger partial charge in [-0.05, 0) is 31.1 Å². The van der Waals surface area contributed by atoms with Crippen LogP contribution in [0.5, 0.6) is 0 Å². The lowest BCUT2D eigenvalue weighted by Crippen LogP contribution is -2.34. The van der Waals surface area contributed by atoms with E-state index in [2.05, 4.69) is 20.8 Å². The molecule has 0 aromatic carbocycles. The molecule has 1 saturated heterocycles. The van der Waals surface area contributed by atoms with E-state index in [4.69, 9.17) is 4.74 Å². The molecule has 0 spiro atoms. The Labute approximate surface area is 70.1 Å². The van der Waals surface area contributed by atoms with Gasteiger partial charge in [-0.25, -0.2) is 0 Å². The van der Waals surface area contributed by atoms with E-state index >= 15 is 0 Å². The van der Waals surface area contributed by atoms with Gasteiger partial charge in [0.05, 0.1) is 6.10 Å². The van der Waals surface area contributed by atoms with E-state index in [1.54, 1.807) is 0 Å². The number of hydrogen-bond donors (Lipinski definition) is 0. The molecule has 1 aliphatic heterocycles. The van der Waals surface area contributed by atoms with Crippen LogP contribution in [0.15, 0.2) is 0 Å². The molecule has 1 nitrogen and oxygen atoms in total. The van der Waals surface area contributed by atoms with Gasteiger partial charge in [0.15, 0.2) is 0 Å². The summed E-state index contributed by atoms with van der Waals surface area (Å²) in [5.74, 6) is 0. The molecule has 1 fully saturated rings. The molecular formula is C10H20O. The van der Waals surface area contributed by atoms with E-state index in [1.807, 2.05) is 0 Å². The van der Waals surface area contributed by atoms with Gasteiger partial charge in [0.1, 0.15) is 0 Å². The van der Waals surface area contributed by atoms with E-state index in [9.17, 15) is 0 Å². The van der Waals surface area contributed by atoms with Crippen molar-refractivity contribution in [2.45, 2.75) is 52.6 Å². The lowest BCUT2D eigenvalue weighted by Gasteiger charge is -2.36. The molecule has 1 heterocycles. The fourth-order valence-electron chi connectivity index (χ4n) is 1.58. The molecule has 1 aliphatic rings. The van der Waals surface area contributed by atoms with Crippen molar-refractivity contribution in [1.82, 2.24) is 0 Å². The standard InChI is InChI=1S/C10H20O/c1-4-10(2,3)9-7-5-6-8-11-9/h9H,4-8H2,1-3H3. The fourth-order valence-corrected chi connectivity index (χ4v) is 1.58. The highest BCUT2D eigenvalue weighted by atomic mass is 16.5. The van der Waals surface area contributed by atoms with Gasteiger partial charge >= 0.3 is 0 Å². The van der Waals surface area contributed by atoms with Gasteiger partial charge in [0.2, 0.25) is 0 Å². The second kappa shape index (κ2) is 3.57.